The van der Waals surface area contributed by atoms with Crippen molar-refractivity contribution in [2.45, 2.75) is 76.9 Å². The number of amides is 3. The highest BCUT2D eigenvalue weighted by molar-refractivity contribution is 8.56. The molecule has 0 radical (unpaired) electrons. The molecule has 7 atom stereocenters. The van der Waals surface area contributed by atoms with Crippen LogP contribution in [0.5, 0.6) is 5.88 Å². The largest absolute Gasteiger partial charge is 0.476 e. The van der Waals surface area contributed by atoms with Crippen LogP contribution in [0, 0.1) is 0 Å². The molecule has 43 heavy (non-hydrogen) atoms. The van der Waals surface area contributed by atoms with Crippen LogP contribution in [0.1, 0.15) is 40.8 Å². The molecule has 0 spiro atoms. The first-order chi connectivity index (χ1) is 20.1. The fourth-order valence-electron chi connectivity index (χ4n) is 4.32. The number of nitrogen functional groups attached to an aromatic ring is 1. The number of carbonyl (C=O) groups is 3. The molecule has 0 aliphatic carbocycles. The van der Waals surface area contributed by atoms with E-state index in [4.69, 9.17) is 24.5 Å². The summed E-state index contributed by atoms with van der Waals surface area (Å²) in [7, 11) is 0. The first-order valence-electron chi connectivity index (χ1n) is 13.3. The van der Waals surface area contributed by atoms with Crippen molar-refractivity contribution in [2.75, 3.05) is 24.7 Å². The van der Waals surface area contributed by atoms with E-state index in [1.165, 1.54) is 17.8 Å². The standard InChI is InChI=1S/C23H34FN8O9PS/c1-6-38-18-14-16(28-21(25)30-18)32(9-26-14)20-23(5,24)15(33)13(41-20)7-39-42(37,31-11(4)19(35)40-10(2)3)43-8-12-17(34)29-22(36)27-12/h9-13,15,20,33H,6-8H2,1-5H3,(H,31,37)(H2,25,28,30)(H2,27,29,34,36)/t11-,12+,13+,15+,20+,23+,42?/m0/s1. The summed E-state index contributed by atoms with van der Waals surface area (Å²) in [6.45, 7) is 3.10. The predicted molar refractivity (Wildman–Crippen MR) is 151 cm³/mol. The SMILES string of the molecule is CCOc1nc(N)nc2c1ncn2[C@@H]1O[C@H](COP(=O)(N[C@@H](C)C(=O)OC(C)C)SC[C@H]2NC(=O)NC2=O)[C@@H](O)[C@@]1(C)F. The van der Waals surface area contributed by atoms with Crippen LogP contribution in [0.3, 0.4) is 0 Å². The van der Waals surface area contributed by atoms with Crippen molar-refractivity contribution in [3.63, 3.8) is 0 Å². The molecule has 2 aliphatic heterocycles. The fraction of sp³-hybridized carbons (Fsp3) is 0.652. The maximum Gasteiger partial charge on any atom is 0.327 e. The summed E-state index contributed by atoms with van der Waals surface area (Å²) in [6, 6.07) is -2.86. The van der Waals surface area contributed by atoms with Crippen molar-refractivity contribution in [3.05, 3.63) is 6.33 Å². The zero-order valence-corrected chi connectivity index (χ0v) is 25.7. The van der Waals surface area contributed by atoms with Gasteiger partial charge >= 0.3 is 18.7 Å². The molecule has 6 N–H and O–H groups in total. The number of imide groups is 1. The Morgan fingerprint density at radius 1 is 1.37 bits per heavy atom. The lowest BCUT2D eigenvalue weighted by atomic mass is 9.98. The Kier molecular flexibility index (Phi) is 9.82. The summed E-state index contributed by atoms with van der Waals surface area (Å²) in [4.78, 5) is 48.2. The normalized spacial score (nSPS) is 27.6. The summed E-state index contributed by atoms with van der Waals surface area (Å²) in [6.07, 6.45) is -3.81. The van der Waals surface area contributed by atoms with Crippen molar-refractivity contribution in [2.24, 2.45) is 0 Å². The molecule has 20 heteroatoms. The minimum Gasteiger partial charge on any atom is -0.476 e. The van der Waals surface area contributed by atoms with Crippen LogP contribution in [-0.2, 0) is 28.2 Å². The first-order valence-corrected chi connectivity index (χ1v) is 16.5. The number of alkyl halides is 1. The highest BCUT2D eigenvalue weighted by atomic mass is 32.7. The number of hydrogen-bond donors (Lipinski definition) is 5. The van der Waals surface area contributed by atoms with Gasteiger partial charge in [-0.1, -0.05) is 11.4 Å². The lowest BCUT2D eigenvalue weighted by Gasteiger charge is -2.25. The molecule has 4 rings (SSSR count). The number of nitrogens with zero attached hydrogens (tertiary/aromatic N) is 4. The van der Waals surface area contributed by atoms with Gasteiger partial charge < -0.3 is 34.9 Å². The molecule has 2 saturated heterocycles. The Bertz CT molecular complexity index is 1430. The topological polar surface area (TPSA) is 231 Å². The minimum atomic E-state index is -4.08. The molecule has 238 valence electrons. The zero-order chi connectivity index (χ0) is 31.7. The van der Waals surface area contributed by atoms with E-state index < -0.39 is 73.5 Å². The number of halogens is 1. The van der Waals surface area contributed by atoms with E-state index >= 15 is 4.39 Å². The van der Waals surface area contributed by atoms with E-state index in [1.807, 2.05) is 0 Å². The third-order valence-electron chi connectivity index (χ3n) is 6.39. The lowest BCUT2D eigenvalue weighted by Crippen LogP contribution is -2.41. The number of fused-ring (bicyclic) bond motifs is 1. The molecule has 1 unspecified atom stereocenters. The van der Waals surface area contributed by atoms with Crippen molar-refractivity contribution in [1.29, 1.82) is 0 Å². The molecule has 2 aliphatic rings. The summed E-state index contributed by atoms with van der Waals surface area (Å²) in [5.74, 6) is -1.62. The third kappa shape index (κ3) is 7.18. The summed E-state index contributed by atoms with van der Waals surface area (Å²) in [5, 5.41) is 17.9. The Morgan fingerprint density at radius 3 is 2.72 bits per heavy atom. The number of rotatable bonds is 13. The molecule has 0 bridgehead atoms. The highest BCUT2D eigenvalue weighted by Gasteiger charge is 2.56. The van der Waals surface area contributed by atoms with Gasteiger partial charge in [0.15, 0.2) is 23.1 Å². The average Bonchev–Trinajstić information content (AvgIpc) is 3.54. The average molecular weight is 649 g/mol. The van der Waals surface area contributed by atoms with E-state index in [9.17, 15) is 24.1 Å². The Balaban J connectivity index is 1.53. The number of nitrogens with one attached hydrogen (secondary N) is 3. The van der Waals surface area contributed by atoms with Crippen molar-refractivity contribution < 1.29 is 47.2 Å². The van der Waals surface area contributed by atoms with Gasteiger partial charge in [-0.25, -0.2) is 19.3 Å². The monoisotopic (exact) mass is 648 g/mol. The van der Waals surface area contributed by atoms with E-state index in [-0.39, 0.29) is 35.4 Å². The van der Waals surface area contributed by atoms with Crippen LogP contribution >= 0.6 is 18.1 Å². The number of esters is 1. The maximum absolute atomic E-state index is 16.0. The van der Waals surface area contributed by atoms with Gasteiger partial charge in [0.25, 0.3) is 5.91 Å². The summed E-state index contributed by atoms with van der Waals surface area (Å²) < 4.78 is 53.3. The van der Waals surface area contributed by atoms with Crippen LogP contribution in [0.15, 0.2) is 6.33 Å². The Morgan fingerprint density at radius 2 is 2.09 bits per heavy atom. The number of aliphatic hydroxyl groups excluding tert-OH is 1. The van der Waals surface area contributed by atoms with E-state index in [0.717, 1.165) is 6.92 Å². The third-order valence-corrected chi connectivity index (χ3v) is 10.5. The zero-order valence-electron chi connectivity index (χ0n) is 24.0. The van der Waals surface area contributed by atoms with Crippen LogP contribution in [0.25, 0.3) is 11.2 Å². The molecular weight excluding hydrogens is 614 g/mol. The molecular formula is C23H34FN8O9PS. The van der Waals surface area contributed by atoms with Gasteiger partial charge in [-0.3, -0.25) is 24.0 Å². The predicted octanol–water partition coefficient (Wildman–Crippen LogP) is 0.789. The molecule has 3 amide bonds. The van der Waals surface area contributed by atoms with Crippen LogP contribution < -0.4 is 26.2 Å². The molecule has 17 nitrogen and oxygen atoms in total. The minimum absolute atomic E-state index is 0.0871. The number of ether oxygens (including phenoxy) is 3. The number of hydrogen-bond acceptors (Lipinski definition) is 14. The number of nitrogens with two attached hydrogens (primary N) is 1. The summed E-state index contributed by atoms with van der Waals surface area (Å²) >= 11 is 0.632. The molecule has 2 aromatic heterocycles. The van der Waals surface area contributed by atoms with Gasteiger partial charge in [-0.15, -0.1) is 0 Å². The molecule has 0 saturated carbocycles. The first kappa shape index (κ1) is 32.8. The van der Waals surface area contributed by atoms with E-state index in [2.05, 4.69) is 30.7 Å². The van der Waals surface area contributed by atoms with Crippen molar-refractivity contribution >= 4 is 53.1 Å². The number of carbonyl (C=O) groups excluding carboxylic acids is 3. The van der Waals surface area contributed by atoms with Crippen LogP contribution in [0.2, 0.25) is 0 Å². The van der Waals surface area contributed by atoms with Gasteiger partial charge in [0.1, 0.15) is 24.3 Å². The smallest absolute Gasteiger partial charge is 0.327 e. The van der Waals surface area contributed by atoms with Gasteiger partial charge in [0.2, 0.25) is 11.8 Å². The van der Waals surface area contributed by atoms with Crippen molar-refractivity contribution in [1.82, 2.24) is 35.2 Å². The second-order valence-corrected chi connectivity index (χ2v) is 14.5. The van der Waals surface area contributed by atoms with E-state index in [0.29, 0.717) is 11.4 Å². The van der Waals surface area contributed by atoms with Crippen LogP contribution in [-0.4, -0.2) is 97.6 Å². The lowest BCUT2D eigenvalue weighted by molar-refractivity contribution is -0.149. The Labute approximate surface area is 249 Å². The number of aliphatic hydroxyl groups is 1. The van der Waals surface area contributed by atoms with Gasteiger partial charge in [-0.2, -0.15) is 9.97 Å². The van der Waals surface area contributed by atoms with Gasteiger partial charge in [-0.05, 0) is 34.6 Å². The Hall–Kier alpha value is -3.09. The number of anilines is 1. The quantitative estimate of drug-likeness (QED) is 0.115. The maximum atomic E-state index is 16.0. The number of urea groups is 1. The van der Waals surface area contributed by atoms with Gasteiger partial charge in [0.05, 0.1) is 25.6 Å². The highest BCUT2D eigenvalue weighted by Crippen LogP contribution is 2.57. The number of aromatic nitrogens is 4. The van der Waals surface area contributed by atoms with Gasteiger partial charge in [0, 0.05) is 5.75 Å². The summed E-state index contributed by atoms with van der Waals surface area (Å²) in [5.41, 5.74) is 3.68. The number of imidazole rings is 1. The van der Waals surface area contributed by atoms with E-state index in [1.54, 1.807) is 20.8 Å². The van der Waals surface area contributed by atoms with Crippen molar-refractivity contribution in [3.8, 4) is 5.88 Å². The molecule has 0 aromatic carbocycles. The fourth-order valence-corrected chi connectivity index (χ4v) is 8.19. The molecule has 4 heterocycles. The second kappa shape index (κ2) is 12.9. The second-order valence-electron chi connectivity index (χ2n) is 10.2. The molecule has 2 fully saturated rings. The van der Waals surface area contributed by atoms with Crippen LogP contribution in [0.4, 0.5) is 15.1 Å². The molecule has 2 aromatic rings.